The second-order valence-electron chi connectivity index (χ2n) is 12.8. The number of rotatable bonds is 6. The lowest BCUT2D eigenvalue weighted by Gasteiger charge is -2.67. The summed E-state index contributed by atoms with van der Waals surface area (Å²) in [5.41, 5.74) is -2.24. The molecule has 7 rings (SSSR count). The number of hydrogen-bond donors (Lipinski definition) is 2. The van der Waals surface area contributed by atoms with Crippen molar-refractivity contribution in [3.63, 3.8) is 0 Å². The fraction of sp³-hybridized carbons (Fsp3) is 0.767. The van der Waals surface area contributed by atoms with Crippen LogP contribution in [-0.2, 0) is 14.2 Å². The van der Waals surface area contributed by atoms with Gasteiger partial charge in [-0.2, -0.15) is 0 Å². The summed E-state index contributed by atoms with van der Waals surface area (Å²) < 4.78 is 23.7. The summed E-state index contributed by atoms with van der Waals surface area (Å²) in [5, 5.41) is 25.1. The Labute approximate surface area is 224 Å². The zero-order valence-corrected chi connectivity index (χ0v) is 22.8. The number of hydrogen-bond acceptors (Lipinski definition) is 8. The second kappa shape index (κ2) is 8.40. The Hall–Kier alpha value is -1.71. The molecule has 6 fully saturated rings. The van der Waals surface area contributed by atoms with Gasteiger partial charge >= 0.3 is 5.97 Å². The summed E-state index contributed by atoms with van der Waals surface area (Å²) in [6.07, 6.45) is 2.50. The highest BCUT2D eigenvalue weighted by Crippen LogP contribution is 2.77. The van der Waals surface area contributed by atoms with E-state index in [1.807, 2.05) is 7.11 Å². The first-order valence-electron chi connectivity index (χ1n) is 14.4. The van der Waals surface area contributed by atoms with E-state index in [1.54, 1.807) is 38.5 Å². The van der Waals surface area contributed by atoms with E-state index in [0.717, 1.165) is 32.4 Å². The minimum Gasteiger partial charge on any atom is -0.497 e. The summed E-state index contributed by atoms with van der Waals surface area (Å²) in [6.45, 7) is 4.23. The van der Waals surface area contributed by atoms with Crippen molar-refractivity contribution in [1.29, 1.82) is 0 Å². The monoisotopic (exact) mass is 527 g/mol. The van der Waals surface area contributed by atoms with E-state index in [-0.39, 0.29) is 35.3 Å². The average molecular weight is 528 g/mol. The number of ether oxygens (including phenoxy) is 4. The second-order valence-corrected chi connectivity index (χ2v) is 12.8. The number of carbonyl (C=O) groups is 1. The fourth-order valence-corrected chi connectivity index (χ4v) is 11.0. The van der Waals surface area contributed by atoms with Gasteiger partial charge < -0.3 is 29.2 Å². The number of fused-ring (bicyclic) bond motifs is 2. The van der Waals surface area contributed by atoms with E-state index in [0.29, 0.717) is 36.0 Å². The molecule has 1 aromatic carbocycles. The third-order valence-electron chi connectivity index (χ3n) is 12.1. The predicted octanol–water partition coefficient (Wildman–Crippen LogP) is 2.50. The van der Waals surface area contributed by atoms with Crippen LogP contribution >= 0.6 is 0 Å². The minimum atomic E-state index is -1.37. The molecular weight excluding hydrogens is 486 g/mol. The quantitative estimate of drug-likeness (QED) is 0.545. The molecule has 0 amide bonds. The van der Waals surface area contributed by atoms with Crippen molar-refractivity contribution in [2.24, 2.45) is 35.0 Å². The molecule has 0 aromatic heterocycles. The van der Waals surface area contributed by atoms with Crippen LogP contribution in [0.25, 0.3) is 0 Å². The summed E-state index contributed by atoms with van der Waals surface area (Å²) in [5.74, 6) is 0.810. The van der Waals surface area contributed by atoms with Crippen molar-refractivity contribution < 1.29 is 34.0 Å². The molecule has 8 heteroatoms. The van der Waals surface area contributed by atoms with Gasteiger partial charge in [0.2, 0.25) is 0 Å². The zero-order chi connectivity index (χ0) is 26.6. The molecule has 5 saturated carbocycles. The number of esters is 1. The Balaban J connectivity index is 1.35. The molecule has 2 N–H and O–H groups in total. The van der Waals surface area contributed by atoms with Gasteiger partial charge in [0.05, 0.1) is 30.5 Å². The van der Waals surface area contributed by atoms with E-state index >= 15 is 0 Å². The van der Waals surface area contributed by atoms with Gasteiger partial charge in [-0.3, -0.25) is 4.90 Å². The molecular formula is C30H41NO7. The molecule has 1 heterocycles. The Morgan fingerprint density at radius 1 is 0.974 bits per heavy atom. The van der Waals surface area contributed by atoms with Crippen molar-refractivity contribution in [3.05, 3.63) is 29.8 Å². The lowest BCUT2D eigenvalue weighted by Crippen LogP contribution is -2.75. The minimum absolute atomic E-state index is 0.0249. The van der Waals surface area contributed by atoms with Crippen LogP contribution < -0.4 is 4.74 Å². The van der Waals surface area contributed by atoms with Crippen LogP contribution in [0.4, 0.5) is 0 Å². The van der Waals surface area contributed by atoms with Crippen molar-refractivity contribution in [2.75, 3.05) is 34.4 Å². The Morgan fingerprint density at radius 2 is 1.71 bits per heavy atom. The molecule has 7 bridgehead atoms. The van der Waals surface area contributed by atoms with Crippen LogP contribution in [-0.4, -0.2) is 91.1 Å². The normalized spacial score (nSPS) is 50.1. The number of piperidine rings is 1. The Morgan fingerprint density at radius 3 is 2.37 bits per heavy atom. The molecule has 1 saturated heterocycles. The van der Waals surface area contributed by atoms with Gasteiger partial charge in [-0.25, -0.2) is 4.79 Å². The number of nitrogens with zero attached hydrogens (tertiary/aromatic N) is 1. The maximum absolute atomic E-state index is 13.5. The van der Waals surface area contributed by atoms with Crippen molar-refractivity contribution in [2.45, 2.75) is 74.6 Å². The molecule has 1 aliphatic heterocycles. The van der Waals surface area contributed by atoms with Crippen LogP contribution in [0.1, 0.15) is 49.4 Å². The first-order chi connectivity index (χ1) is 18.3. The highest BCUT2D eigenvalue weighted by atomic mass is 16.6. The SMILES string of the molecule is CCN1C[C@@H]2CC[C@@H](OC)[C@@]34C5C[C@]6(O)[C@@H](OC)C[C@@](O)(C5[C@H]6OC(=O)c5ccc(OC)cc5)[C@H](C[C@H]23)C14. The van der Waals surface area contributed by atoms with Gasteiger partial charge in [-0.05, 0) is 74.2 Å². The maximum Gasteiger partial charge on any atom is 0.338 e. The molecule has 3 unspecified atom stereocenters. The summed E-state index contributed by atoms with van der Waals surface area (Å²) in [7, 11) is 5.01. The number of carbonyl (C=O) groups excluding carboxylic acids is 1. The van der Waals surface area contributed by atoms with E-state index in [1.165, 1.54) is 0 Å². The average Bonchev–Trinajstić information content (AvgIpc) is 3.31. The Kier molecular flexibility index (Phi) is 5.59. The number of aliphatic hydroxyl groups is 2. The van der Waals surface area contributed by atoms with Gasteiger partial charge in [-0.1, -0.05) is 6.92 Å². The molecule has 6 aliphatic rings. The fourth-order valence-electron chi connectivity index (χ4n) is 11.0. The predicted molar refractivity (Wildman–Crippen MR) is 138 cm³/mol. The van der Waals surface area contributed by atoms with E-state index < -0.39 is 29.4 Å². The van der Waals surface area contributed by atoms with E-state index in [2.05, 4.69) is 11.8 Å². The summed E-state index contributed by atoms with van der Waals surface area (Å²) >= 11 is 0. The highest BCUT2D eigenvalue weighted by molar-refractivity contribution is 5.89. The number of benzene rings is 1. The smallest absolute Gasteiger partial charge is 0.338 e. The highest BCUT2D eigenvalue weighted by Gasteiger charge is 2.84. The summed E-state index contributed by atoms with van der Waals surface area (Å²) in [6, 6.07) is 7.01. The van der Waals surface area contributed by atoms with Crippen LogP contribution in [0.5, 0.6) is 5.75 Å². The lowest BCUT2D eigenvalue weighted by molar-refractivity contribution is -0.271. The first-order valence-corrected chi connectivity index (χ1v) is 14.4. The van der Waals surface area contributed by atoms with Crippen LogP contribution in [0.3, 0.4) is 0 Å². The zero-order valence-electron chi connectivity index (χ0n) is 22.8. The standard InChI is InChI=1S/C30H41NO7/c1-5-31-15-17-8-11-22(36-3)30-19(17)12-20(25(30)31)28(33)14-23(37-4)29(34)13-21(30)24(28)26(29)38-27(32)16-6-9-18(35-2)10-7-16/h6-7,9-10,17,19-26,33-34H,5,8,11-15H2,1-4H3/t17-,19+,20+,21?,22+,23-,24?,25?,26+,28-,29-,30-/m0/s1. The molecule has 1 aromatic rings. The van der Waals surface area contributed by atoms with Crippen molar-refractivity contribution in [1.82, 2.24) is 4.90 Å². The van der Waals surface area contributed by atoms with Crippen molar-refractivity contribution >= 4 is 5.97 Å². The summed E-state index contributed by atoms with van der Waals surface area (Å²) in [4.78, 5) is 16.1. The largest absolute Gasteiger partial charge is 0.497 e. The van der Waals surface area contributed by atoms with Gasteiger partial charge in [0, 0.05) is 50.5 Å². The molecule has 8 nitrogen and oxygen atoms in total. The van der Waals surface area contributed by atoms with Crippen molar-refractivity contribution in [3.8, 4) is 5.75 Å². The maximum atomic E-state index is 13.5. The van der Waals surface area contributed by atoms with Gasteiger partial charge in [0.1, 0.15) is 17.5 Å². The molecule has 38 heavy (non-hydrogen) atoms. The van der Waals surface area contributed by atoms with Crippen LogP contribution in [0, 0.1) is 35.0 Å². The van der Waals surface area contributed by atoms with Crippen LogP contribution in [0.2, 0.25) is 0 Å². The van der Waals surface area contributed by atoms with E-state index in [4.69, 9.17) is 18.9 Å². The first kappa shape index (κ1) is 25.3. The Bertz CT molecular complexity index is 1110. The van der Waals surface area contributed by atoms with Gasteiger partial charge in [0.25, 0.3) is 0 Å². The molecule has 208 valence electrons. The number of methoxy groups -OCH3 is 3. The third-order valence-corrected chi connectivity index (χ3v) is 12.1. The molecule has 1 spiro atoms. The van der Waals surface area contributed by atoms with Crippen LogP contribution in [0.15, 0.2) is 24.3 Å². The van der Waals surface area contributed by atoms with Gasteiger partial charge in [-0.15, -0.1) is 0 Å². The third kappa shape index (κ3) is 2.86. The number of likely N-dealkylation sites (tertiary alicyclic amines) is 1. The molecule has 12 atom stereocenters. The topological polar surface area (TPSA) is 97.7 Å². The lowest BCUT2D eigenvalue weighted by atomic mass is 9.46. The molecule has 0 radical (unpaired) electrons. The molecule has 5 aliphatic carbocycles. The van der Waals surface area contributed by atoms with E-state index in [9.17, 15) is 15.0 Å². The van der Waals surface area contributed by atoms with Gasteiger partial charge in [0.15, 0.2) is 0 Å².